The lowest BCUT2D eigenvalue weighted by Gasteiger charge is -2.03. The van der Waals surface area contributed by atoms with Crippen molar-refractivity contribution in [2.75, 3.05) is 26.2 Å². The van der Waals surface area contributed by atoms with Gasteiger partial charge in [0.25, 0.3) is 17.9 Å². The van der Waals surface area contributed by atoms with Gasteiger partial charge in [-0.15, -0.1) is 0 Å². The van der Waals surface area contributed by atoms with Crippen LogP contribution in [0, 0.1) is 0 Å². The molecule has 0 aliphatic heterocycles. The maximum absolute atomic E-state index is 10.1. The Labute approximate surface area is 305 Å². The minimum absolute atomic E-state index is 0.520. The Morgan fingerprint density at radius 3 is 0.538 bits per heavy atom. The number of carbonyl (C=O) groups is 7. The van der Waals surface area contributed by atoms with Gasteiger partial charge in [-0.3, -0.25) is 33.6 Å². The monoisotopic (exact) mass is 764 g/mol. The summed E-state index contributed by atoms with van der Waals surface area (Å²) in [6.45, 7) is 5.66. The van der Waals surface area contributed by atoms with E-state index in [1.54, 1.807) is 0 Å². The number of carboxylic acid groups (broad SMARTS) is 7. The highest BCUT2D eigenvalue weighted by Gasteiger charge is 2.11. The standard InChI is InChI=1S/4C6H14N2O2.3C2H4O2/c4*7-4-2-1-3-5(8)6(9)10;3*1-2(3)4/h4*5H,1-4,7-8H2,(H,9,10);3*1H3,(H,3,4). The Kier molecular flexibility index (Phi) is 59.5. The zero-order chi connectivity index (χ0) is 42.7. The summed E-state index contributed by atoms with van der Waals surface area (Å²) in [5.74, 6) is -6.23. The molecule has 22 nitrogen and oxygen atoms in total. The van der Waals surface area contributed by atoms with E-state index in [4.69, 9.17) is 96.0 Å². The first-order chi connectivity index (χ1) is 23.9. The molecule has 0 heterocycles. The van der Waals surface area contributed by atoms with Gasteiger partial charge in [-0.2, -0.15) is 0 Å². The molecule has 0 saturated carbocycles. The summed E-state index contributed by atoms with van der Waals surface area (Å²) in [5.41, 5.74) is 41.7. The Morgan fingerprint density at radius 1 is 0.346 bits per heavy atom. The number of rotatable bonds is 20. The number of unbranched alkanes of at least 4 members (excludes halogenated alkanes) is 4. The van der Waals surface area contributed by atoms with Gasteiger partial charge in [0.2, 0.25) is 0 Å². The van der Waals surface area contributed by atoms with E-state index >= 15 is 0 Å². The molecule has 23 N–H and O–H groups in total. The van der Waals surface area contributed by atoms with Crippen molar-refractivity contribution in [2.24, 2.45) is 45.9 Å². The molecule has 0 saturated heterocycles. The summed E-state index contributed by atoms with van der Waals surface area (Å²) in [7, 11) is 0. The Morgan fingerprint density at radius 2 is 0.462 bits per heavy atom. The molecule has 0 aromatic rings. The largest absolute Gasteiger partial charge is 0.481 e. The summed E-state index contributed by atoms with van der Waals surface area (Å²) < 4.78 is 0. The van der Waals surface area contributed by atoms with Gasteiger partial charge in [-0.25, -0.2) is 0 Å². The van der Waals surface area contributed by atoms with Crippen LogP contribution in [0.15, 0.2) is 0 Å². The van der Waals surface area contributed by atoms with Gasteiger partial charge in [-0.1, -0.05) is 25.7 Å². The van der Waals surface area contributed by atoms with Crippen LogP contribution in [-0.2, 0) is 33.6 Å². The average molecular weight is 765 g/mol. The van der Waals surface area contributed by atoms with E-state index in [9.17, 15) is 19.2 Å². The molecule has 22 heteroatoms. The predicted octanol–water partition coefficient (Wildman–Crippen LogP) is -1.62. The van der Waals surface area contributed by atoms with Gasteiger partial charge in [0.15, 0.2) is 0 Å². The smallest absolute Gasteiger partial charge is 0.320 e. The molecule has 0 spiro atoms. The van der Waals surface area contributed by atoms with Crippen molar-refractivity contribution >= 4 is 41.8 Å². The van der Waals surface area contributed by atoms with Gasteiger partial charge in [-0.05, 0) is 77.5 Å². The molecule has 0 aromatic heterocycles. The maximum atomic E-state index is 10.1. The number of aliphatic carboxylic acids is 7. The number of hydrogen-bond acceptors (Lipinski definition) is 15. The third-order valence-corrected chi connectivity index (χ3v) is 5.15. The topological polar surface area (TPSA) is 469 Å². The Balaban J connectivity index is -0.0000000940. The number of carboxylic acids is 7. The molecular weight excluding hydrogens is 696 g/mol. The fraction of sp³-hybridized carbons (Fsp3) is 0.767. The first-order valence-electron chi connectivity index (χ1n) is 16.2. The average Bonchev–Trinajstić information content (AvgIpc) is 3.01. The lowest BCUT2D eigenvalue weighted by molar-refractivity contribution is -0.139. The van der Waals surface area contributed by atoms with Crippen molar-refractivity contribution < 1.29 is 69.3 Å². The Hall–Kier alpha value is -4.03. The molecule has 52 heavy (non-hydrogen) atoms. The van der Waals surface area contributed by atoms with Gasteiger partial charge < -0.3 is 81.6 Å². The van der Waals surface area contributed by atoms with E-state index in [1.165, 1.54) is 0 Å². The highest BCUT2D eigenvalue weighted by Crippen LogP contribution is 1.99. The predicted molar refractivity (Wildman–Crippen MR) is 194 cm³/mol. The minimum atomic E-state index is -0.933. The van der Waals surface area contributed by atoms with E-state index in [2.05, 4.69) is 0 Å². The number of hydrogen-bond donors (Lipinski definition) is 15. The summed E-state index contributed by atoms with van der Waals surface area (Å²) in [6, 6.07) is -2.86. The minimum Gasteiger partial charge on any atom is -0.481 e. The van der Waals surface area contributed by atoms with Crippen LogP contribution in [-0.4, -0.2) is 128 Å². The van der Waals surface area contributed by atoms with Crippen molar-refractivity contribution in [3.8, 4) is 0 Å². The van der Waals surface area contributed by atoms with Crippen LogP contribution in [0.25, 0.3) is 0 Å². The van der Waals surface area contributed by atoms with E-state index < -0.39 is 66.0 Å². The summed E-state index contributed by atoms with van der Waals surface area (Å²) in [4.78, 5) is 67.5. The van der Waals surface area contributed by atoms with Crippen molar-refractivity contribution in [2.45, 2.75) is 122 Å². The first kappa shape index (κ1) is 63.0. The molecule has 0 amide bonds. The molecular formula is C30H68N8O14. The number of nitrogens with two attached hydrogens (primary N) is 8. The van der Waals surface area contributed by atoms with Gasteiger partial charge in [0.1, 0.15) is 24.2 Å². The molecule has 0 aromatic carbocycles. The highest BCUT2D eigenvalue weighted by molar-refractivity contribution is 5.74. The molecule has 4 atom stereocenters. The van der Waals surface area contributed by atoms with Gasteiger partial charge in [0, 0.05) is 20.8 Å². The van der Waals surface area contributed by atoms with Gasteiger partial charge >= 0.3 is 23.9 Å². The lowest BCUT2D eigenvalue weighted by atomic mass is 10.1. The van der Waals surface area contributed by atoms with Crippen LogP contribution in [0.3, 0.4) is 0 Å². The van der Waals surface area contributed by atoms with Crippen molar-refractivity contribution in [1.82, 2.24) is 0 Å². The zero-order valence-electron chi connectivity index (χ0n) is 30.7. The van der Waals surface area contributed by atoms with Crippen LogP contribution < -0.4 is 45.9 Å². The van der Waals surface area contributed by atoms with E-state index in [0.29, 0.717) is 51.9 Å². The summed E-state index contributed by atoms with van der Waals surface area (Å²) >= 11 is 0. The third-order valence-electron chi connectivity index (χ3n) is 5.15. The molecule has 0 fully saturated rings. The molecule has 0 rings (SSSR count). The zero-order valence-corrected chi connectivity index (χ0v) is 30.7. The summed E-state index contributed by atoms with van der Waals surface area (Å²) in [6.07, 6.45) is 8.66. The molecule has 0 aliphatic carbocycles. The maximum Gasteiger partial charge on any atom is 0.320 e. The quantitative estimate of drug-likeness (QED) is 0.0619. The SMILES string of the molecule is CC(=O)O.CC(=O)O.CC(=O)O.NCCCCC(N)C(=O)O.NCCCCC(N)C(=O)O.NCCCCC(N)C(=O)O.NCCCCC(N)C(=O)O. The second-order valence-electron chi connectivity index (χ2n) is 10.5. The summed E-state index contributed by atoms with van der Waals surface area (Å²) in [5, 5.41) is 55.6. The van der Waals surface area contributed by atoms with E-state index in [1.807, 2.05) is 0 Å². The van der Waals surface area contributed by atoms with Crippen molar-refractivity contribution in [3.05, 3.63) is 0 Å². The van der Waals surface area contributed by atoms with Crippen LogP contribution in [0.2, 0.25) is 0 Å². The van der Waals surface area contributed by atoms with Crippen molar-refractivity contribution in [3.63, 3.8) is 0 Å². The van der Waals surface area contributed by atoms with Gasteiger partial charge in [0.05, 0.1) is 0 Å². The third kappa shape index (κ3) is 91.0. The lowest BCUT2D eigenvalue weighted by Crippen LogP contribution is -2.29. The van der Waals surface area contributed by atoms with Crippen LogP contribution in [0.5, 0.6) is 0 Å². The fourth-order valence-corrected chi connectivity index (χ4v) is 2.53. The first-order valence-corrected chi connectivity index (χ1v) is 16.2. The fourth-order valence-electron chi connectivity index (χ4n) is 2.53. The normalized spacial score (nSPS) is 11.4. The highest BCUT2D eigenvalue weighted by atomic mass is 16.4. The van der Waals surface area contributed by atoms with Crippen LogP contribution in [0.4, 0.5) is 0 Å². The van der Waals surface area contributed by atoms with Crippen LogP contribution in [0.1, 0.15) is 97.8 Å². The van der Waals surface area contributed by atoms with E-state index in [-0.39, 0.29) is 0 Å². The molecule has 0 bridgehead atoms. The molecule has 4 unspecified atom stereocenters. The molecule has 0 radical (unpaired) electrons. The van der Waals surface area contributed by atoms with E-state index in [0.717, 1.165) is 72.1 Å². The molecule has 312 valence electrons. The molecule has 0 aliphatic rings. The van der Waals surface area contributed by atoms with Crippen LogP contribution >= 0.6 is 0 Å². The second kappa shape index (κ2) is 49.1. The van der Waals surface area contributed by atoms with Crippen molar-refractivity contribution in [1.29, 1.82) is 0 Å². The Bertz CT molecular complexity index is 757. The second-order valence-corrected chi connectivity index (χ2v) is 10.5.